The van der Waals surface area contributed by atoms with Crippen LogP contribution in [0.1, 0.15) is 67.2 Å². The van der Waals surface area contributed by atoms with Gasteiger partial charge in [0.15, 0.2) is 9.84 Å². The molecule has 0 aromatic carbocycles. The average Bonchev–Trinajstić information content (AvgIpc) is 3.66. The summed E-state index contributed by atoms with van der Waals surface area (Å²) in [6.07, 6.45) is 3.58. The maximum Gasteiger partial charge on any atom is 0.315 e. The minimum absolute atomic E-state index is 0.0989. The third-order valence-electron chi connectivity index (χ3n) is 9.27. The number of carbonyl (C=O) groups is 5. The number of sulfone groups is 1. The van der Waals surface area contributed by atoms with Crippen LogP contribution >= 0.6 is 0 Å². The summed E-state index contributed by atoms with van der Waals surface area (Å²) in [6.45, 7) is 14.3. The van der Waals surface area contributed by atoms with E-state index in [-0.39, 0.29) is 36.7 Å². The Labute approximate surface area is 242 Å². The second-order valence-corrected chi connectivity index (χ2v) is 15.7. The van der Waals surface area contributed by atoms with Gasteiger partial charge >= 0.3 is 6.03 Å². The van der Waals surface area contributed by atoms with E-state index in [0.29, 0.717) is 25.8 Å². The number of rotatable bonds is 14. The first-order valence-electron chi connectivity index (χ1n) is 14.2. The topological polar surface area (TPSA) is 171 Å². The lowest BCUT2D eigenvalue weighted by atomic mass is 9.99. The first kappa shape index (κ1) is 32.6. The number of piperidine rings is 2. The Hall–Kier alpha value is -2.96. The lowest BCUT2D eigenvalue weighted by molar-refractivity contribution is -0.144. The normalized spacial score (nSPS) is 26.1. The van der Waals surface area contributed by atoms with Gasteiger partial charge in [-0.1, -0.05) is 39.7 Å². The molecule has 2 saturated carbocycles. The molecule has 3 fully saturated rings. The molecule has 3 rings (SSSR count). The first-order valence-corrected chi connectivity index (χ1v) is 15.9. The van der Waals surface area contributed by atoms with Crippen molar-refractivity contribution >= 4 is 39.4 Å². The Balaban J connectivity index is 1.67. The number of likely N-dealkylation sites (tertiary alicyclic amines) is 1. The lowest BCUT2D eigenvalue weighted by Gasteiger charge is -2.33. The van der Waals surface area contributed by atoms with Crippen LogP contribution in [0.3, 0.4) is 0 Å². The number of hydrogen-bond acceptors (Lipinski definition) is 7. The summed E-state index contributed by atoms with van der Waals surface area (Å²) in [6, 6.07) is -1.71. The van der Waals surface area contributed by atoms with Crippen LogP contribution in [0.2, 0.25) is 0 Å². The molecule has 1 saturated heterocycles. The van der Waals surface area contributed by atoms with Crippen molar-refractivity contribution in [1.29, 1.82) is 0 Å². The molecule has 2 aliphatic carbocycles. The van der Waals surface area contributed by atoms with Crippen LogP contribution in [0, 0.1) is 16.7 Å². The monoisotopic (exact) mass is 595 g/mol. The van der Waals surface area contributed by atoms with Gasteiger partial charge in [0.05, 0.1) is 23.1 Å². The van der Waals surface area contributed by atoms with Crippen molar-refractivity contribution in [3.8, 4) is 0 Å². The molecule has 4 atom stereocenters. The molecule has 230 valence electrons. The summed E-state index contributed by atoms with van der Waals surface area (Å²) in [5, 5.41) is 10.2. The van der Waals surface area contributed by atoms with Crippen LogP contribution < -0.4 is 21.3 Å². The fourth-order valence-electron chi connectivity index (χ4n) is 6.56. The maximum absolute atomic E-state index is 13.9. The second kappa shape index (κ2) is 11.4. The largest absolute Gasteiger partial charge is 0.346 e. The number of unbranched alkanes of at least 4 members (excludes halogenated alkanes) is 1. The zero-order valence-electron chi connectivity index (χ0n) is 25.0. The van der Waals surface area contributed by atoms with Gasteiger partial charge in [-0.3, -0.25) is 19.2 Å². The van der Waals surface area contributed by atoms with Crippen molar-refractivity contribution in [2.45, 2.75) is 83.6 Å². The molecule has 5 amide bonds. The van der Waals surface area contributed by atoms with E-state index in [9.17, 15) is 32.4 Å². The van der Waals surface area contributed by atoms with Gasteiger partial charge in [-0.15, -0.1) is 6.58 Å². The minimum Gasteiger partial charge on any atom is -0.346 e. The van der Waals surface area contributed by atoms with Crippen LogP contribution in [-0.4, -0.2) is 91.1 Å². The Morgan fingerprint density at radius 2 is 1.76 bits per heavy atom. The van der Waals surface area contributed by atoms with Crippen molar-refractivity contribution in [3.63, 3.8) is 0 Å². The summed E-state index contributed by atoms with van der Waals surface area (Å²) in [5.74, 6) is -2.59. The predicted molar refractivity (Wildman–Crippen MR) is 153 cm³/mol. The Kier molecular flexibility index (Phi) is 9.03. The molecule has 0 aromatic heterocycles. The number of amides is 5. The van der Waals surface area contributed by atoms with Gasteiger partial charge in [-0.25, -0.2) is 13.2 Å². The molecular formula is C28H45N5O7S. The molecule has 0 radical (unpaired) electrons. The number of ketones is 1. The summed E-state index contributed by atoms with van der Waals surface area (Å²) in [7, 11) is -3.42. The highest BCUT2D eigenvalue weighted by Crippen LogP contribution is 2.91. The van der Waals surface area contributed by atoms with Crippen molar-refractivity contribution in [1.82, 2.24) is 26.2 Å². The molecule has 3 aliphatic rings. The molecular weight excluding hydrogens is 550 g/mol. The highest BCUT2D eigenvalue weighted by molar-refractivity contribution is 7.92. The van der Waals surface area contributed by atoms with Crippen LogP contribution in [0.5, 0.6) is 0 Å². The van der Waals surface area contributed by atoms with Crippen molar-refractivity contribution in [2.24, 2.45) is 16.7 Å². The van der Waals surface area contributed by atoms with E-state index in [1.807, 2.05) is 6.92 Å². The van der Waals surface area contributed by atoms with Gasteiger partial charge in [0, 0.05) is 25.0 Å². The van der Waals surface area contributed by atoms with E-state index in [2.05, 4.69) is 41.7 Å². The van der Waals surface area contributed by atoms with Gasteiger partial charge in [-0.2, -0.15) is 0 Å². The summed E-state index contributed by atoms with van der Waals surface area (Å²) >= 11 is 0. The molecule has 4 N–H and O–H groups in total. The van der Waals surface area contributed by atoms with Crippen LogP contribution in [0.25, 0.3) is 0 Å². The van der Waals surface area contributed by atoms with Crippen LogP contribution in [0.15, 0.2) is 12.7 Å². The molecule has 4 unspecified atom stereocenters. The van der Waals surface area contributed by atoms with E-state index in [0.717, 1.165) is 6.42 Å². The smallest absolute Gasteiger partial charge is 0.315 e. The molecule has 41 heavy (non-hydrogen) atoms. The first-order chi connectivity index (χ1) is 18.9. The number of urea groups is 1. The van der Waals surface area contributed by atoms with Crippen molar-refractivity contribution in [3.05, 3.63) is 12.7 Å². The van der Waals surface area contributed by atoms with Crippen molar-refractivity contribution < 1.29 is 32.4 Å². The van der Waals surface area contributed by atoms with E-state index < -0.39 is 61.1 Å². The molecule has 0 aromatic rings. The molecule has 12 nitrogen and oxygen atoms in total. The lowest BCUT2D eigenvalue weighted by Crippen LogP contribution is -2.58. The Morgan fingerprint density at radius 3 is 2.32 bits per heavy atom. The zero-order chi connectivity index (χ0) is 31.0. The SMILES string of the molecule is C=CCNC(=O)C(=O)C(CCCC)NC(=O)C12CC13C(CN2C(=O)CNC(=O)NCCS(=O)(=O)C(C)(C)C)C3(C)C. The predicted octanol–water partition coefficient (Wildman–Crippen LogP) is 0.672. The number of carbonyl (C=O) groups excluding carboxylic acids is 5. The number of nitrogens with zero attached hydrogens (tertiary/aromatic N) is 1. The third-order valence-corrected chi connectivity index (χ3v) is 11.9. The Morgan fingerprint density at radius 1 is 1.10 bits per heavy atom. The van der Waals surface area contributed by atoms with Crippen LogP contribution in [-0.2, 0) is 29.0 Å². The van der Waals surface area contributed by atoms with Gasteiger partial charge in [0.25, 0.3) is 5.91 Å². The van der Waals surface area contributed by atoms with Crippen molar-refractivity contribution in [2.75, 3.05) is 31.9 Å². The van der Waals surface area contributed by atoms with Gasteiger partial charge < -0.3 is 26.2 Å². The molecule has 1 spiro atoms. The number of nitrogens with one attached hydrogen (secondary N) is 4. The zero-order valence-corrected chi connectivity index (χ0v) is 25.8. The fraction of sp³-hybridized carbons (Fsp3) is 0.750. The van der Waals surface area contributed by atoms with E-state index in [1.54, 1.807) is 20.8 Å². The van der Waals surface area contributed by atoms with Gasteiger partial charge in [-0.05, 0) is 44.9 Å². The van der Waals surface area contributed by atoms with E-state index in [1.165, 1.54) is 11.0 Å². The molecule has 1 heterocycles. The van der Waals surface area contributed by atoms with Gasteiger partial charge in [0.1, 0.15) is 5.54 Å². The summed E-state index contributed by atoms with van der Waals surface area (Å²) < 4.78 is 23.5. The molecule has 0 bridgehead atoms. The third kappa shape index (κ3) is 5.61. The highest BCUT2D eigenvalue weighted by atomic mass is 32.2. The second-order valence-electron chi connectivity index (χ2n) is 12.9. The maximum atomic E-state index is 13.9. The fourth-order valence-corrected chi connectivity index (χ4v) is 7.54. The quantitative estimate of drug-likeness (QED) is 0.169. The Bertz CT molecular complexity index is 1220. The summed E-state index contributed by atoms with van der Waals surface area (Å²) in [4.78, 5) is 66.2. The number of hydrogen-bond donors (Lipinski definition) is 4. The van der Waals surface area contributed by atoms with Crippen LogP contribution in [0.4, 0.5) is 4.79 Å². The standard InChI is InChI=1S/C28H45N5O7S/c1-8-10-11-18(21(35)22(36)29-12-9-2)32-23(37)28-17-27(28)19(26(27,6)7)16-33(28)20(34)15-31-24(38)30-13-14-41(39,40)25(3,4)5/h9,18-19H,2,8,10-17H2,1,3-7H3,(H,29,36)(H,32,37)(H2,30,31,38). The summed E-state index contributed by atoms with van der Waals surface area (Å²) in [5.41, 5.74) is -1.74. The number of Topliss-reactive ketones (excluding diaryl/α,β-unsaturated/α-hetero) is 1. The average molecular weight is 596 g/mol. The van der Waals surface area contributed by atoms with E-state index in [4.69, 9.17) is 0 Å². The molecule has 13 heteroatoms. The minimum atomic E-state index is -3.42. The van der Waals surface area contributed by atoms with Gasteiger partial charge in [0.2, 0.25) is 17.6 Å². The van der Waals surface area contributed by atoms with E-state index >= 15 is 0 Å². The molecule has 1 aliphatic heterocycles. The highest BCUT2D eigenvalue weighted by Gasteiger charge is 2.97.